The van der Waals surface area contributed by atoms with Crippen LogP contribution in [0.2, 0.25) is 0 Å². The van der Waals surface area contributed by atoms with Gasteiger partial charge in [0.05, 0.1) is 38.0 Å². The van der Waals surface area contributed by atoms with E-state index < -0.39 is 0 Å². The first-order valence-electron chi connectivity index (χ1n) is 12.1. The molecule has 1 aliphatic carbocycles. The van der Waals surface area contributed by atoms with Crippen molar-refractivity contribution in [2.24, 2.45) is 0 Å². The molecule has 0 unspecified atom stereocenters. The summed E-state index contributed by atoms with van der Waals surface area (Å²) in [4.78, 5) is 16.2. The van der Waals surface area contributed by atoms with Crippen molar-refractivity contribution < 1.29 is 9.47 Å². The number of benzene rings is 1. The summed E-state index contributed by atoms with van der Waals surface area (Å²) in [5.41, 5.74) is 2.53. The molecule has 1 spiro atoms. The Morgan fingerprint density at radius 1 is 0.909 bits per heavy atom. The Balaban J connectivity index is 1.31. The number of anilines is 2. The first-order chi connectivity index (χ1) is 16.1. The van der Waals surface area contributed by atoms with E-state index in [-0.39, 0.29) is 11.1 Å². The standard InChI is InChI=1S/C25H36N6O2/c1-29(2)25(21-6-4-3-5-7-21)10-8-24(9-11-25)18-31(20-33-19-28-24)22-16-26-23(27-17-22)30-12-14-32-15-13-30/h3-7,16-17,28H,8-15,18-20H2,1-2H3. The quantitative estimate of drug-likeness (QED) is 0.759. The molecule has 0 bridgehead atoms. The average Bonchev–Trinajstić information content (AvgIpc) is 3.08. The van der Waals surface area contributed by atoms with Gasteiger partial charge in [0, 0.05) is 30.7 Å². The third-order valence-corrected chi connectivity index (χ3v) is 7.78. The van der Waals surface area contributed by atoms with Gasteiger partial charge in [0.1, 0.15) is 6.73 Å². The van der Waals surface area contributed by atoms with Crippen LogP contribution in [0, 0.1) is 0 Å². The normalized spacial score (nSPS) is 28.8. The summed E-state index contributed by atoms with van der Waals surface area (Å²) >= 11 is 0. The average molecular weight is 453 g/mol. The third-order valence-electron chi connectivity index (χ3n) is 7.78. The predicted molar refractivity (Wildman–Crippen MR) is 129 cm³/mol. The van der Waals surface area contributed by atoms with E-state index in [9.17, 15) is 0 Å². The van der Waals surface area contributed by atoms with E-state index >= 15 is 0 Å². The smallest absolute Gasteiger partial charge is 0.225 e. The highest BCUT2D eigenvalue weighted by Crippen LogP contribution is 2.45. The molecule has 0 atom stereocenters. The third kappa shape index (κ3) is 4.57. The van der Waals surface area contributed by atoms with E-state index in [1.807, 2.05) is 12.4 Å². The highest BCUT2D eigenvalue weighted by atomic mass is 16.5. The molecule has 3 heterocycles. The fraction of sp³-hybridized carbons (Fsp3) is 0.600. The van der Waals surface area contributed by atoms with E-state index in [4.69, 9.17) is 9.47 Å². The Bertz CT molecular complexity index is 893. The van der Waals surface area contributed by atoms with E-state index in [1.165, 1.54) is 5.56 Å². The minimum atomic E-state index is 0.0215. The maximum Gasteiger partial charge on any atom is 0.225 e. The summed E-state index contributed by atoms with van der Waals surface area (Å²) in [5.74, 6) is 0.780. The van der Waals surface area contributed by atoms with Crippen LogP contribution in [0.3, 0.4) is 0 Å². The highest BCUT2D eigenvalue weighted by Gasteiger charge is 2.46. The molecule has 2 aromatic rings. The summed E-state index contributed by atoms with van der Waals surface area (Å²) < 4.78 is 11.4. The monoisotopic (exact) mass is 452 g/mol. The Morgan fingerprint density at radius 3 is 2.27 bits per heavy atom. The summed E-state index contributed by atoms with van der Waals surface area (Å²) in [7, 11) is 4.43. The van der Waals surface area contributed by atoms with Gasteiger partial charge in [-0.3, -0.25) is 10.2 Å². The van der Waals surface area contributed by atoms with Crippen LogP contribution in [0.4, 0.5) is 11.6 Å². The molecular formula is C25H36N6O2. The lowest BCUT2D eigenvalue weighted by molar-refractivity contribution is 0.0474. The van der Waals surface area contributed by atoms with E-state index in [0.29, 0.717) is 13.5 Å². The molecule has 5 rings (SSSR count). The molecule has 178 valence electrons. The van der Waals surface area contributed by atoms with Gasteiger partial charge >= 0.3 is 0 Å². The Labute approximate surface area is 196 Å². The number of morpholine rings is 1. The molecule has 0 amide bonds. The number of aromatic nitrogens is 2. The highest BCUT2D eigenvalue weighted by molar-refractivity contribution is 5.46. The fourth-order valence-corrected chi connectivity index (χ4v) is 5.62. The Kier molecular flexibility index (Phi) is 6.51. The van der Waals surface area contributed by atoms with Crippen molar-refractivity contribution in [2.45, 2.75) is 36.8 Å². The second kappa shape index (κ2) is 9.54. The fourth-order valence-electron chi connectivity index (χ4n) is 5.62. The lowest BCUT2D eigenvalue weighted by Gasteiger charge is -2.50. The van der Waals surface area contributed by atoms with Gasteiger partial charge in [-0.25, -0.2) is 9.97 Å². The SMILES string of the molecule is CN(C)C1(c2ccccc2)CCC2(CC1)CN(c1cnc(N3CCOCC3)nc1)COCN2. The molecule has 8 nitrogen and oxygen atoms in total. The van der Waals surface area contributed by atoms with Gasteiger partial charge < -0.3 is 19.3 Å². The van der Waals surface area contributed by atoms with Crippen molar-refractivity contribution in [3.05, 3.63) is 48.3 Å². The molecular weight excluding hydrogens is 416 g/mol. The molecule has 3 fully saturated rings. The Hall–Kier alpha value is -2.26. The van der Waals surface area contributed by atoms with Gasteiger partial charge in [0.2, 0.25) is 5.95 Å². The van der Waals surface area contributed by atoms with Crippen molar-refractivity contribution in [1.29, 1.82) is 0 Å². The number of ether oxygens (including phenoxy) is 2. The lowest BCUT2D eigenvalue weighted by Crippen LogP contribution is -2.58. The van der Waals surface area contributed by atoms with Gasteiger partial charge in [-0.15, -0.1) is 0 Å². The zero-order valence-electron chi connectivity index (χ0n) is 19.9. The minimum Gasteiger partial charge on any atom is -0.378 e. The summed E-state index contributed by atoms with van der Waals surface area (Å²) in [6, 6.07) is 11.0. The van der Waals surface area contributed by atoms with Gasteiger partial charge in [0.15, 0.2) is 0 Å². The van der Waals surface area contributed by atoms with Crippen molar-refractivity contribution in [3.8, 4) is 0 Å². The van der Waals surface area contributed by atoms with Crippen LogP contribution >= 0.6 is 0 Å². The lowest BCUT2D eigenvalue weighted by atomic mass is 9.68. The van der Waals surface area contributed by atoms with Crippen LogP contribution in [-0.4, -0.2) is 80.8 Å². The molecule has 33 heavy (non-hydrogen) atoms. The molecule has 0 radical (unpaired) electrons. The molecule has 3 aliphatic rings. The van der Waals surface area contributed by atoms with Crippen molar-refractivity contribution in [1.82, 2.24) is 20.2 Å². The summed E-state index contributed by atoms with van der Waals surface area (Å²) in [6.07, 6.45) is 8.28. The van der Waals surface area contributed by atoms with Crippen LogP contribution in [0.25, 0.3) is 0 Å². The molecule has 2 aliphatic heterocycles. The number of rotatable bonds is 4. The summed E-state index contributed by atoms with van der Waals surface area (Å²) in [6.45, 7) is 5.16. The van der Waals surface area contributed by atoms with Gasteiger partial charge in [0.25, 0.3) is 0 Å². The van der Waals surface area contributed by atoms with Gasteiger partial charge in [-0.1, -0.05) is 30.3 Å². The number of hydrogen-bond acceptors (Lipinski definition) is 8. The topological polar surface area (TPSA) is 66.0 Å². The molecule has 1 aromatic carbocycles. The largest absolute Gasteiger partial charge is 0.378 e. The van der Waals surface area contributed by atoms with Crippen molar-refractivity contribution in [3.63, 3.8) is 0 Å². The zero-order valence-corrected chi connectivity index (χ0v) is 19.9. The molecule has 1 N–H and O–H groups in total. The number of hydrogen-bond donors (Lipinski definition) is 1. The van der Waals surface area contributed by atoms with Crippen LogP contribution in [0.1, 0.15) is 31.2 Å². The van der Waals surface area contributed by atoms with E-state index in [2.05, 4.69) is 74.4 Å². The maximum absolute atomic E-state index is 5.94. The number of nitrogens with zero attached hydrogens (tertiary/aromatic N) is 5. The van der Waals surface area contributed by atoms with Crippen LogP contribution < -0.4 is 15.1 Å². The second-order valence-corrected chi connectivity index (χ2v) is 9.77. The maximum atomic E-state index is 5.94. The second-order valence-electron chi connectivity index (χ2n) is 9.77. The molecule has 2 saturated heterocycles. The van der Waals surface area contributed by atoms with Gasteiger partial charge in [-0.2, -0.15) is 0 Å². The van der Waals surface area contributed by atoms with E-state index in [1.54, 1.807) is 0 Å². The first kappa shape index (κ1) is 22.5. The Morgan fingerprint density at radius 2 is 1.61 bits per heavy atom. The van der Waals surface area contributed by atoms with Crippen molar-refractivity contribution in [2.75, 3.05) is 70.2 Å². The first-order valence-corrected chi connectivity index (χ1v) is 12.1. The van der Waals surface area contributed by atoms with Crippen molar-refractivity contribution >= 4 is 11.6 Å². The summed E-state index contributed by atoms with van der Waals surface area (Å²) in [5, 5.41) is 3.74. The van der Waals surface area contributed by atoms with E-state index in [0.717, 1.165) is 70.2 Å². The minimum absolute atomic E-state index is 0.0215. The van der Waals surface area contributed by atoms with Gasteiger partial charge in [-0.05, 0) is 45.3 Å². The van der Waals surface area contributed by atoms with Crippen LogP contribution in [0.5, 0.6) is 0 Å². The number of nitrogens with one attached hydrogen (secondary N) is 1. The predicted octanol–water partition coefficient (Wildman–Crippen LogP) is 2.42. The zero-order chi connectivity index (χ0) is 22.7. The molecule has 8 heteroatoms. The molecule has 1 saturated carbocycles. The molecule has 1 aromatic heterocycles. The van der Waals surface area contributed by atoms with Crippen LogP contribution in [0.15, 0.2) is 42.7 Å². The van der Waals surface area contributed by atoms with Crippen LogP contribution in [-0.2, 0) is 15.0 Å².